The van der Waals surface area contributed by atoms with Crippen LogP contribution in [0.3, 0.4) is 0 Å². The minimum atomic E-state index is -1.04. The van der Waals surface area contributed by atoms with Gasteiger partial charge in [-0.05, 0) is 36.5 Å². The Balaban J connectivity index is 1.74. The number of hydrogen-bond donors (Lipinski definition) is 1. The molecule has 9 heteroatoms. The molecular weight excluding hydrogens is 393 g/mol. The van der Waals surface area contributed by atoms with Gasteiger partial charge in [0.1, 0.15) is 18.8 Å². The van der Waals surface area contributed by atoms with E-state index in [1.807, 2.05) is 0 Å². The largest absolute Gasteiger partial charge is 0.391 e. The van der Waals surface area contributed by atoms with Crippen molar-refractivity contribution in [2.75, 3.05) is 20.3 Å². The monoisotopic (exact) mass is 413 g/mol. The van der Waals surface area contributed by atoms with Crippen molar-refractivity contribution in [2.24, 2.45) is 16.8 Å². The highest BCUT2D eigenvalue weighted by atomic mass is 35.5. The highest BCUT2D eigenvalue weighted by Crippen LogP contribution is 2.48. The Morgan fingerprint density at radius 3 is 2.67 bits per heavy atom. The topological polar surface area (TPSA) is 94.2 Å². The Labute approximate surface area is 167 Å². The molecule has 2 aliphatic rings. The molecule has 0 bridgehead atoms. The average molecular weight is 414 g/mol. The summed E-state index contributed by atoms with van der Waals surface area (Å²) in [5, 5.41) is 5.05. The van der Waals surface area contributed by atoms with Gasteiger partial charge >= 0.3 is 0 Å². The number of carbonyl (C=O) groups excluding carboxylic acids is 2. The summed E-state index contributed by atoms with van der Waals surface area (Å²) in [6.07, 6.45) is 2.00. The highest BCUT2D eigenvalue weighted by Gasteiger charge is 2.59. The van der Waals surface area contributed by atoms with Crippen LogP contribution in [0.25, 0.3) is 0 Å². The first-order valence-electron chi connectivity index (χ1n) is 8.59. The molecule has 1 aliphatic heterocycles. The molecule has 146 valence electrons. The van der Waals surface area contributed by atoms with Crippen LogP contribution >= 0.6 is 23.2 Å². The van der Waals surface area contributed by atoms with Gasteiger partial charge in [-0.15, -0.1) is 0 Å². The molecule has 1 atom stereocenters. The molecule has 1 saturated carbocycles. The molecule has 1 aliphatic carbocycles. The Hall–Kier alpha value is -1.83. The van der Waals surface area contributed by atoms with E-state index in [4.69, 9.17) is 38.5 Å². The van der Waals surface area contributed by atoms with Gasteiger partial charge in [0, 0.05) is 13.5 Å². The average Bonchev–Trinajstić information content (AvgIpc) is 3.39. The molecule has 1 unspecified atom stereocenters. The predicted molar refractivity (Wildman–Crippen MR) is 102 cm³/mol. The normalized spacial score (nSPS) is 23.7. The van der Waals surface area contributed by atoms with Crippen LogP contribution in [0.4, 0.5) is 0 Å². The minimum absolute atomic E-state index is 0.0542. The number of amides is 2. The third kappa shape index (κ3) is 4.05. The summed E-state index contributed by atoms with van der Waals surface area (Å²) in [7, 11) is 1.44. The van der Waals surface area contributed by atoms with E-state index in [2.05, 4.69) is 5.16 Å². The van der Waals surface area contributed by atoms with Crippen LogP contribution < -0.4 is 5.73 Å². The molecule has 2 fully saturated rings. The van der Waals surface area contributed by atoms with E-state index in [-0.39, 0.29) is 38.0 Å². The van der Waals surface area contributed by atoms with Crippen LogP contribution in [0.1, 0.15) is 24.8 Å². The van der Waals surface area contributed by atoms with Crippen molar-refractivity contribution in [3.63, 3.8) is 0 Å². The summed E-state index contributed by atoms with van der Waals surface area (Å²) in [6.45, 7) is 0.279. The maximum absolute atomic E-state index is 12.5. The highest BCUT2D eigenvalue weighted by molar-refractivity contribution is 6.42. The summed E-state index contributed by atoms with van der Waals surface area (Å²) >= 11 is 11.9. The maximum Gasteiger partial charge on any atom is 0.249 e. The van der Waals surface area contributed by atoms with Crippen molar-refractivity contribution in [1.29, 1.82) is 0 Å². The number of oxime groups is 1. The van der Waals surface area contributed by atoms with E-state index in [0.717, 1.165) is 18.4 Å². The summed E-state index contributed by atoms with van der Waals surface area (Å²) in [4.78, 5) is 31.7. The van der Waals surface area contributed by atoms with Gasteiger partial charge in [-0.25, -0.2) is 0 Å². The quantitative estimate of drug-likeness (QED) is 0.694. The fraction of sp³-hybridized carbons (Fsp3) is 0.500. The number of likely N-dealkylation sites (tertiary alicyclic amines) is 1. The lowest BCUT2D eigenvalue weighted by Gasteiger charge is -2.35. The van der Waals surface area contributed by atoms with Crippen LogP contribution in [-0.2, 0) is 25.8 Å². The summed E-state index contributed by atoms with van der Waals surface area (Å²) in [5.41, 5.74) is 6.08. The second kappa shape index (κ2) is 8.04. The second-order valence-electron chi connectivity index (χ2n) is 6.83. The van der Waals surface area contributed by atoms with Crippen molar-refractivity contribution >= 4 is 40.7 Å². The standard InChI is InChI=1S/C18H21Cl2N3O4/c1-26-10-16(24)23-8-13(7-18(23,17(21)25)12-3-4-12)22-27-9-11-2-5-14(19)15(20)6-11/h2,5-6,12H,3-4,7-10H2,1H3,(H2,21,25). The Morgan fingerprint density at radius 2 is 2.07 bits per heavy atom. The molecule has 1 aromatic rings. The third-order valence-corrected chi connectivity index (χ3v) is 5.69. The fourth-order valence-electron chi connectivity index (χ4n) is 3.53. The fourth-order valence-corrected chi connectivity index (χ4v) is 3.85. The van der Waals surface area contributed by atoms with Crippen LogP contribution in [0.15, 0.2) is 23.4 Å². The molecule has 27 heavy (non-hydrogen) atoms. The van der Waals surface area contributed by atoms with Gasteiger partial charge in [0.2, 0.25) is 11.8 Å². The zero-order valence-electron chi connectivity index (χ0n) is 14.9. The number of ether oxygens (including phenoxy) is 1. The van der Waals surface area contributed by atoms with Gasteiger partial charge in [0.15, 0.2) is 0 Å². The van der Waals surface area contributed by atoms with Crippen LogP contribution in [0.2, 0.25) is 10.0 Å². The third-order valence-electron chi connectivity index (χ3n) is 4.95. The molecule has 7 nitrogen and oxygen atoms in total. The number of nitrogens with zero attached hydrogens (tertiary/aromatic N) is 2. The number of benzene rings is 1. The molecule has 2 N–H and O–H groups in total. The van der Waals surface area contributed by atoms with Crippen molar-refractivity contribution in [1.82, 2.24) is 4.90 Å². The van der Waals surface area contributed by atoms with Crippen molar-refractivity contribution in [3.05, 3.63) is 33.8 Å². The van der Waals surface area contributed by atoms with E-state index in [0.29, 0.717) is 15.8 Å². The molecule has 1 heterocycles. The zero-order valence-corrected chi connectivity index (χ0v) is 16.4. The predicted octanol–water partition coefficient (Wildman–Crippen LogP) is 2.38. The number of nitrogens with two attached hydrogens (primary N) is 1. The van der Waals surface area contributed by atoms with Gasteiger partial charge in [-0.1, -0.05) is 34.4 Å². The summed E-state index contributed by atoms with van der Waals surface area (Å²) in [6, 6.07) is 5.17. The Kier molecular flexibility index (Phi) is 5.93. The van der Waals surface area contributed by atoms with Crippen LogP contribution in [0, 0.1) is 5.92 Å². The van der Waals surface area contributed by atoms with Gasteiger partial charge < -0.3 is 20.2 Å². The lowest BCUT2D eigenvalue weighted by Crippen LogP contribution is -2.58. The van der Waals surface area contributed by atoms with E-state index in [9.17, 15) is 9.59 Å². The minimum Gasteiger partial charge on any atom is -0.391 e. The molecule has 1 saturated heterocycles. The maximum atomic E-state index is 12.5. The smallest absolute Gasteiger partial charge is 0.249 e. The molecule has 1 aromatic carbocycles. The van der Waals surface area contributed by atoms with Crippen LogP contribution in [-0.4, -0.2) is 48.2 Å². The van der Waals surface area contributed by atoms with Gasteiger partial charge in [-0.3, -0.25) is 9.59 Å². The van der Waals surface area contributed by atoms with Gasteiger partial charge in [0.25, 0.3) is 0 Å². The van der Waals surface area contributed by atoms with Gasteiger partial charge in [0.05, 0.1) is 22.3 Å². The Morgan fingerprint density at radius 1 is 1.33 bits per heavy atom. The molecule has 2 amide bonds. The second-order valence-corrected chi connectivity index (χ2v) is 7.65. The molecule has 0 spiro atoms. The molecular formula is C18H21Cl2N3O4. The van der Waals surface area contributed by atoms with Crippen molar-refractivity contribution in [2.45, 2.75) is 31.4 Å². The first kappa shape index (κ1) is 19.9. The number of methoxy groups -OCH3 is 1. The molecule has 0 radical (unpaired) electrons. The number of carbonyl (C=O) groups is 2. The first-order chi connectivity index (χ1) is 12.9. The summed E-state index contributed by atoms with van der Waals surface area (Å²) in [5.74, 6) is -0.736. The first-order valence-corrected chi connectivity index (χ1v) is 9.35. The van der Waals surface area contributed by atoms with Crippen molar-refractivity contribution < 1.29 is 19.2 Å². The van der Waals surface area contributed by atoms with E-state index >= 15 is 0 Å². The molecule has 0 aromatic heterocycles. The molecule has 3 rings (SSSR count). The number of primary amides is 1. The van der Waals surface area contributed by atoms with Gasteiger partial charge in [-0.2, -0.15) is 0 Å². The van der Waals surface area contributed by atoms with Crippen molar-refractivity contribution in [3.8, 4) is 0 Å². The van der Waals surface area contributed by atoms with Crippen LogP contribution in [0.5, 0.6) is 0 Å². The Bertz CT molecular complexity index is 782. The number of rotatable bonds is 7. The lowest BCUT2D eigenvalue weighted by atomic mass is 9.88. The SMILES string of the molecule is COCC(=O)N1CC(=NOCc2ccc(Cl)c(Cl)c2)CC1(C(N)=O)C1CC1. The number of hydrogen-bond acceptors (Lipinski definition) is 5. The lowest BCUT2D eigenvalue weighted by molar-refractivity contribution is -0.147. The van der Waals surface area contributed by atoms with E-state index in [1.54, 1.807) is 18.2 Å². The van der Waals surface area contributed by atoms with E-state index < -0.39 is 11.4 Å². The van der Waals surface area contributed by atoms with E-state index in [1.165, 1.54) is 12.0 Å². The number of halogens is 2. The zero-order chi connectivity index (χ0) is 19.6. The summed E-state index contributed by atoms with van der Waals surface area (Å²) < 4.78 is 4.95.